The minimum absolute atomic E-state index is 0.226. The first-order valence-electron chi connectivity index (χ1n) is 6.79. The lowest BCUT2D eigenvalue weighted by atomic mass is 9.92. The van der Waals surface area contributed by atoms with E-state index < -0.39 is 0 Å². The van der Waals surface area contributed by atoms with Crippen LogP contribution in [-0.4, -0.2) is 6.54 Å². The molecule has 0 radical (unpaired) electrons. The summed E-state index contributed by atoms with van der Waals surface area (Å²) in [4.78, 5) is 0. The highest BCUT2D eigenvalue weighted by Crippen LogP contribution is 2.32. The highest BCUT2D eigenvalue weighted by atomic mass is 127. The van der Waals surface area contributed by atoms with Crippen LogP contribution in [0.5, 0.6) is 0 Å². The number of benzene rings is 2. The smallest absolute Gasteiger partial charge is 0.0590 e. The third-order valence-electron chi connectivity index (χ3n) is 3.63. The van der Waals surface area contributed by atoms with Crippen molar-refractivity contribution >= 4 is 38.5 Å². The van der Waals surface area contributed by atoms with E-state index in [9.17, 15) is 0 Å². The molecule has 3 heteroatoms. The minimum Gasteiger partial charge on any atom is -0.306 e. The van der Waals surface area contributed by atoms with Gasteiger partial charge in [0, 0.05) is 8.04 Å². The number of rotatable bonds is 4. The summed E-state index contributed by atoms with van der Waals surface area (Å²) in [5.74, 6) is 0. The van der Waals surface area contributed by atoms with Crippen LogP contribution in [0.25, 0.3) is 0 Å². The third kappa shape index (κ3) is 3.43. The summed E-state index contributed by atoms with van der Waals surface area (Å²) in [6.07, 6.45) is 0. The first kappa shape index (κ1) is 16.0. The predicted molar refractivity (Wildman–Crippen MR) is 98.3 cm³/mol. The molecule has 0 amide bonds. The summed E-state index contributed by atoms with van der Waals surface area (Å²) >= 11 is 6.07. The monoisotopic (exact) mass is 443 g/mol. The predicted octanol–water partition coefficient (Wildman–Crippen LogP) is 5.37. The molecular weight excluding hydrogens is 425 g/mol. The van der Waals surface area contributed by atoms with Gasteiger partial charge in [-0.2, -0.15) is 0 Å². The highest BCUT2D eigenvalue weighted by molar-refractivity contribution is 14.1. The topological polar surface area (TPSA) is 12.0 Å². The van der Waals surface area contributed by atoms with Crippen molar-refractivity contribution in [3.8, 4) is 0 Å². The number of hydrogen-bond donors (Lipinski definition) is 1. The first-order chi connectivity index (χ1) is 9.54. The zero-order valence-electron chi connectivity index (χ0n) is 12.0. The van der Waals surface area contributed by atoms with Crippen LogP contribution in [0.1, 0.15) is 35.2 Å². The fraction of sp³-hybridized carbons (Fsp3) is 0.294. The molecule has 1 nitrogen and oxygen atoms in total. The van der Waals surface area contributed by atoms with Crippen LogP contribution < -0.4 is 5.32 Å². The fourth-order valence-corrected chi connectivity index (χ4v) is 3.40. The van der Waals surface area contributed by atoms with Crippen LogP contribution in [0, 0.1) is 17.4 Å². The van der Waals surface area contributed by atoms with Crippen molar-refractivity contribution in [1.29, 1.82) is 0 Å². The van der Waals surface area contributed by atoms with Crippen molar-refractivity contribution in [2.24, 2.45) is 0 Å². The fourth-order valence-electron chi connectivity index (χ4n) is 2.41. The number of aryl methyl sites for hydroxylation is 1. The largest absolute Gasteiger partial charge is 0.306 e. The lowest BCUT2D eigenvalue weighted by Crippen LogP contribution is -2.23. The van der Waals surface area contributed by atoms with Crippen LogP contribution in [-0.2, 0) is 0 Å². The molecule has 2 aromatic carbocycles. The first-order valence-corrected chi connectivity index (χ1v) is 8.66. The van der Waals surface area contributed by atoms with E-state index in [1.807, 2.05) is 0 Å². The van der Waals surface area contributed by atoms with Gasteiger partial charge in [0.15, 0.2) is 0 Å². The molecule has 0 aliphatic heterocycles. The van der Waals surface area contributed by atoms with Gasteiger partial charge in [-0.3, -0.25) is 0 Å². The summed E-state index contributed by atoms with van der Waals surface area (Å²) in [7, 11) is 0. The maximum absolute atomic E-state index is 3.70. The van der Waals surface area contributed by atoms with Gasteiger partial charge in [-0.1, -0.05) is 41.1 Å². The molecule has 1 atom stereocenters. The molecule has 2 aromatic rings. The van der Waals surface area contributed by atoms with Crippen LogP contribution in [0.3, 0.4) is 0 Å². The SMILES string of the molecule is CCNC(c1cc(I)ccc1Br)c1cccc(C)c1C. The molecule has 0 aliphatic carbocycles. The zero-order chi connectivity index (χ0) is 14.7. The molecule has 0 heterocycles. The molecule has 1 N–H and O–H groups in total. The summed E-state index contributed by atoms with van der Waals surface area (Å²) in [6, 6.07) is 13.3. The Hall–Kier alpha value is -0.390. The second-order valence-corrected chi connectivity index (χ2v) is 7.05. The average molecular weight is 444 g/mol. The normalized spacial score (nSPS) is 12.4. The Morgan fingerprint density at radius 2 is 1.90 bits per heavy atom. The lowest BCUT2D eigenvalue weighted by Gasteiger charge is -2.23. The Balaban J connectivity index is 2.56. The zero-order valence-corrected chi connectivity index (χ0v) is 15.7. The van der Waals surface area contributed by atoms with Crippen molar-refractivity contribution in [3.63, 3.8) is 0 Å². The van der Waals surface area contributed by atoms with Crippen molar-refractivity contribution < 1.29 is 0 Å². The summed E-state index contributed by atoms with van der Waals surface area (Å²) in [5.41, 5.74) is 5.36. The number of hydrogen-bond acceptors (Lipinski definition) is 1. The average Bonchev–Trinajstić information content (AvgIpc) is 2.43. The molecule has 0 aliphatic rings. The standard InChI is InChI=1S/C17H19BrIN/c1-4-20-17(14-7-5-6-11(2)12(14)3)15-10-13(19)8-9-16(15)18/h5-10,17,20H,4H2,1-3H3. The van der Waals surface area contributed by atoms with Crippen LogP contribution in [0.2, 0.25) is 0 Å². The van der Waals surface area contributed by atoms with Crippen LogP contribution in [0.4, 0.5) is 0 Å². The Morgan fingerprint density at radius 3 is 2.60 bits per heavy atom. The van der Waals surface area contributed by atoms with Crippen molar-refractivity contribution in [2.75, 3.05) is 6.54 Å². The summed E-state index contributed by atoms with van der Waals surface area (Å²) < 4.78 is 2.42. The van der Waals surface area contributed by atoms with Crippen LogP contribution in [0.15, 0.2) is 40.9 Å². The maximum Gasteiger partial charge on any atom is 0.0590 e. The Morgan fingerprint density at radius 1 is 1.15 bits per heavy atom. The lowest BCUT2D eigenvalue weighted by molar-refractivity contribution is 0.625. The van der Waals surface area contributed by atoms with Gasteiger partial charge < -0.3 is 5.32 Å². The molecule has 0 aromatic heterocycles. The van der Waals surface area contributed by atoms with Crippen molar-refractivity contribution in [1.82, 2.24) is 5.32 Å². The maximum atomic E-state index is 3.70. The van der Waals surface area contributed by atoms with E-state index in [0.717, 1.165) is 11.0 Å². The Bertz CT molecular complexity index is 608. The molecule has 0 bridgehead atoms. The molecule has 20 heavy (non-hydrogen) atoms. The van der Waals surface area contributed by atoms with E-state index >= 15 is 0 Å². The van der Waals surface area contributed by atoms with Gasteiger partial charge in [-0.25, -0.2) is 0 Å². The minimum atomic E-state index is 0.226. The van der Waals surface area contributed by atoms with Gasteiger partial charge >= 0.3 is 0 Å². The second kappa shape index (κ2) is 7.05. The van der Waals surface area contributed by atoms with Gasteiger partial charge in [-0.15, -0.1) is 0 Å². The molecule has 0 saturated carbocycles. The third-order valence-corrected chi connectivity index (χ3v) is 5.03. The molecule has 106 valence electrons. The Kier molecular flexibility index (Phi) is 5.64. The van der Waals surface area contributed by atoms with E-state index in [1.165, 1.54) is 25.8 Å². The van der Waals surface area contributed by atoms with E-state index in [-0.39, 0.29) is 6.04 Å². The van der Waals surface area contributed by atoms with E-state index in [1.54, 1.807) is 0 Å². The Labute approximate surface area is 143 Å². The molecule has 0 saturated heterocycles. The van der Waals surface area contributed by atoms with Crippen molar-refractivity contribution in [3.05, 3.63) is 66.7 Å². The van der Waals surface area contributed by atoms with Gasteiger partial charge in [0.25, 0.3) is 0 Å². The molecule has 1 unspecified atom stereocenters. The quantitative estimate of drug-likeness (QED) is 0.626. The summed E-state index contributed by atoms with van der Waals surface area (Å²) in [5, 5.41) is 3.62. The number of nitrogens with one attached hydrogen (secondary N) is 1. The van der Waals surface area contributed by atoms with Gasteiger partial charge in [-0.05, 0) is 83.4 Å². The molecular formula is C17H19BrIN. The van der Waals surface area contributed by atoms with E-state index in [4.69, 9.17) is 0 Å². The highest BCUT2D eigenvalue weighted by Gasteiger charge is 2.18. The number of halogens is 2. The van der Waals surface area contributed by atoms with Gasteiger partial charge in [0.2, 0.25) is 0 Å². The summed E-state index contributed by atoms with van der Waals surface area (Å²) in [6.45, 7) is 7.47. The second-order valence-electron chi connectivity index (χ2n) is 4.95. The molecule has 0 spiro atoms. The van der Waals surface area contributed by atoms with Crippen molar-refractivity contribution in [2.45, 2.75) is 26.8 Å². The molecule has 2 rings (SSSR count). The van der Waals surface area contributed by atoms with Gasteiger partial charge in [0.05, 0.1) is 6.04 Å². The van der Waals surface area contributed by atoms with Crippen LogP contribution >= 0.6 is 38.5 Å². The molecule has 0 fully saturated rings. The van der Waals surface area contributed by atoms with E-state index in [0.29, 0.717) is 0 Å². The van der Waals surface area contributed by atoms with E-state index in [2.05, 4.69) is 101 Å². The van der Waals surface area contributed by atoms with Gasteiger partial charge in [0.1, 0.15) is 0 Å².